The Morgan fingerprint density at radius 2 is 1.85 bits per heavy atom. The van der Waals surface area contributed by atoms with Crippen molar-refractivity contribution in [1.82, 2.24) is 4.57 Å². The fourth-order valence-electron chi connectivity index (χ4n) is 2.58. The minimum absolute atomic E-state index is 0.261. The molecule has 1 heterocycles. The number of carbonyl (C=O) groups is 2. The van der Waals surface area contributed by atoms with Gasteiger partial charge in [0.1, 0.15) is 17.9 Å². The lowest BCUT2D eigenvalue weighted by atomic mass is 10.2. The summed E-state index contributed by atoms with van der Waals surface area (Å²) in [6.45, 7) is -0.0112. The molecule has 0 saturated carbocycles. The van der Waals surface area contributed by atoms with E-state index in [9.17, 15) is 9.59 Å². The fraction of sp³-hybridized carbons (Fsp3) is 0.143. The predicted octanol–water partition coefficient (Wildman–Crippen LogP) is 4.41. The molecular formula is C21H18BrNO4. The highest BCUT2D eigenvalue weighted by Gasteiger charge is 2.17. The van der Waals surface area contributed by atoms with E-state index in [0.717, 1.165) is 10.0 Å². The van der Waals surface area contributed by atoms with Crippen molar-refractivity contribution in [2.75, 3.05) is 6.61 Å². The monoisotopic (exact) mass is 427 g/mol. The average molecular weight is 428 g/mol. The number of ether oxygens (including phenoxy) is 2. The maximum atomic E-state index is 12.4. The quantitative estimate of drug-likeness (QED) is 0.413. The number of halogens is 1. The molecule has 0 bridgehead atoms. The summed E-state index contributed by atoms with van der Waals surface area (Å²) in [7, 11) is 1.76. The van der Waals surface area contributed by atoms with Gasteiger partial charge in [0.25, 0.3) is 0 Å². The second-order valence-electron chi connectivity index (χ2n) is 5.92. The normalized spacial score (nSPS) is 10.4. The van der Waals surface area contributed by atoms with Crippen molar-refractivity contribution < 1.29 is 19.1 Å². The van der Waals surface area contributed by atoms with Gasteiger partial charge in [-0.25, -0.2) is 4.79 Å². The Bertz CT molecular complexity index is 964. The summed E-state index contributed by atoms with van der Waals surface area (Å²) in [5.74, 6) is -0.445. The van der Waals surface area contributed by atoms with Crippen LogP contribution < -0.4 is 4.74 Å². The standard InChI is InChI=1S/C21H18BrNO4/c1-23-11-5-9-18(23)19(24)14-27-21(25)17-8-2-3-10-20(17)26-13-15-6-4-7-16(22)12-15/h2-12H,13-14H2,1H3. The van der Waals surface area contributed by atoms with Crippen LogP contribution in [0.4, 0.5) is 0 Å². The summed E-state index contributed by atoms with van der Waals surface area (Å²) >= 11 is 3.42. The number of rotatable bonds is 7. The first-order valence-corrected chi connectivity index (χ1v) is 9.12. The van der Waals surface area contributed by atoms with Crippen LogP contribution in [0.5, 0.6) is 5.75 Å². The highest BCUT2D eigenvalue weighted by atomic mass is 79.9. The molecule has 0 aliphatic carbocycles. The van der Waals surface area contributed by atoms with Crippen molar-refractivity contribution in [3.8, 4) is 5.75 Å². The summed E-state index contributed by atoms with van der Waals surface area (Å²) in [6.07, 6.45) is 1.76. The SMILES string of the molecule is Cn1cccc1C(=O)COC(=O)c1ccccc1OCc1cccc(Br)c1. The number of aryl methyl sites for hydroxylation is 1. The Kier molecular flexibility index (Phi) is 6.08. The van der Waals surface area contributed by atoms with E-state index in [0.29, 0.717) is 18.1 Å². The first-order valence-electron chi connectivity index (χ1n) is 8.32. The minimum atomic E-state index is -0.595. The van der Waals surface area contributed by atoms with E-state index in [1.54, 1.807) is 54.2 Å². The molecule has 2 aromatic carbocycles. The molecule has 6 heteroatoms. The smallest absolute Gasteiger partial charge is 0.342 e. The Balaban J connectivity index is 1.65. The van der Waals surface area contributed by atoms with Crippen molar-refractivity contribution in [3.63, 3.8) is 0 Å². The minimum Gasteiger partial charge on any atom is -0.488 e. The van der Waals surface area contributed by atoms with Crippen molar-refractivity contribution in [1.29, 1.82) is 0 Å². The number of carbonyl (C=O) groups excluding carboxylic acids is 2. The van der Waals surface area contributed by atoms with Gasteiger partial charge in [0.2, 0.25) is 5.78 Å². The van der Waals surface area contributed by atoms with E-state index < -0.39 is 5.97 Å². The summed E-state index contributed by atoms with van der Waals surface area (Å²) < 4.78 is 13.6. The third-order valence-electron chi connectivity index (χ3n) is 3.95. The maximum Gasteiger partial charge on any atom is 0.342 e. The molecule has 138 valence electrons. The number of Topliss-reactive ketones (excluding diaryl/α,β-unsaturated/α-hetero) is 1. The van der Waals surface area contributed by atoms with Crippen LogP contribution in [0, 0.1) is 0 Å². The van der Waals surface area contributed by atoms with Crippen LogP contribution in [0.15, 0.2) is 71.3 Å². The molecule has 0 radical (unpaired) electrons. The largest absolute Gasteiger partial charge is 0.488 e. The van der Waals surface area contributed by atoms with E-state index in [4.69, 9.17) is 9.47 Å². The first kappa shape index (κ1) is 18.9. The van der Waals surface area contributed by atoms with Crippen molar-refractivity contribution in [3.05, 3.63) is 88.2 Å². The average Bonchev–Trinajstić information content (AvgIpc) is 3.10. The second-order valence-corrected chi connectivity index (χ2v) is 6.83. The van der Waals surface area contributed by atoms with Gasteiger partial charge in [0.15, 0.2) is 6.61 Å². The zero-order valence-corrected chi connectivity index (χ0v) is 16.3. The molecule has 3 aromatic rings. The van der Waals surface area contributed by atoms with Gasteiger partial charge >= 0.3 is 5.97 Å². The Labute approximate surface area is 165 Å². The molecule has 5 nitrogen and oxygen atoms in total. The number of para-hydroxylation sites is 1. The molecule has 3 rings (SSSR count). The maximum absolute atomic E-state index is 12.4. The molecule has 0 aliphatic rings. The number of hydrogen-bond donors (Lipinski definition) is 0. The number of esters is 1. The zero-order valence-electron chi connectivity index (χ0n) is 14.7. The number of aromatic nitrogens is 1. The van der Waals surface area contributed by atoms with Gasteiger partial charge in [-0.15, -0.1) is 0 Å². The number of ketones is 1. The van der Waals surface area contributed by atoms with Crippen LogP contribution in [0.3, 0.4) is 0 Å². The molecular weight excluding hydrogens is 410 g/mol. The predicted molar refractivity (Wildman–Crippen MR) is 105 cm³/mol. The van der Waals surface area contributed by atoms with Gasteiger partial charge in [0, 0.05) is 17.7 Å². The van der Waals surface area contributed by atoms with Crippen LogP contribution in [-0.4, -0.2) is 22.9 Å². The van der Waals surface area contributed by atoms with Gasteiger partial charge in [-0.05, 0) is 42.0 Å². The first-order chi connectivity index (χ1) is 13.0. The summed E-state index contributed by atoms with van der Waals surface area (Å²) in [5.41, 5.74) is 1.74. The van der Waals surface area contributed by atoms with Gasteiger partial charge in [0.05, 0.1) is 5.69 Å². The van der Waals surface area contributed by atoms with Gasteiger partial charge < -0.3 is 14.0 Å². The third-order valence-corrected chi connectivity index (χ3v) is 4.45. The van der Waals surface area contributed by atoms with Crippen LogP contribution >= 0.6 is 15.9 Å². The molecule has 0 amide bonds. The molecule has 0 aliphatic heterocycles. The van der Waals surface area contributed by atoms with E-state index in [2.05, 4.69) is 15.9 Å². The molecule has 27 heavy (non-hydrogen) atoms. The fourth-order valence-corrected chi connectivity index (χ4v) is 3.03. The molecule has 0 saturated heterocycles. The van der Waals surface area contributed by atoms with E-state index in [-0.39, 0.29) is 18.0 Å². The molecule has 0 unspecified atom stereocenters. The number of nitrogens with zero attached hydrogens (tertiary/aromatic N) is 1. The summed E-state index contributed by atoms with van der Waals surface area (Å²) in [6, 6.07) is 18.0. The number of benzene rings is 2. The Morgan fingerprint density at radius 3 is 2.59 bits per heavy atom. The van der Waals surface area contributed by atoms with Crippen molar-refractivity contribution >= 4 is 27.7 Å². The molecule has 0 atom stereocenters. The van der Waals surface area contributed by atoms with Gasteiger partial charge in [-0.1, -0.05) is 40.2 Å². The lowest BCUT2D eigenvalue weighted by Crippen LogP contribution is -2.17. The van der Waals surface area contributed by atoms with Crippen LogP contribution in [0.1, 0.15) is 26.4 Å². The van der Waals surface area contributed by atoms with Gasteiger partial charge in [-0.2, -0.15) is 0 Å². The second kappa shape index (κ2) is 8.68. The van der Waals surface area contributed by atoms with Crippen molar-refractivity contribution in [2.45, 2.75) is 6.61 Å². The molecule has 0 N–H and O–H groups in total. The lowest BCUT2D eigenvalue weighted by molar-refractivity contribution is 0.0468. The third kappa shape index (κ3) is 4.86. The molecule has 0 fully saturated rings. The topological polar surface area (TPSA) is 57.5 Å². The van der Waals surface area contributed by atoms with E-state index >= 15 is 0 Å². The van der Waals surface area contributed by atoms with E-state index in [1.807, 2.05) is 24.3 Å². The Morgan fingerprint density at radius 1 is 1.04 bits per heavy atom. The van der Waals surface area contributed by atoms with Crippen molar-refractivity contribution in [2.24, 2.45) is 7.05 Å². The summed E-state index contributed by atoms with van der Waals surface area (Å²) in [4.78, 5) is 24.6. The summed E-state index contributed by atoms with van der Waals surface area (Å²) in [5, 5.41) is 0. The highest BCUT2D eigenvalue weighted by Crippen LogP contribution is 2.21. The molecule has 0 spiro atoms. The van der Waals surface area contributed by atoms with Crippen LogP contribution in [0.2, 0.25) is 0 Å². The van der Waals surface area contributed by atoms with Crippen LogP contribution in [-0.2, 0) is 18.4 Å². The van der Waals surface area contributed by atoms with Gasteiger partial charge in [-0.3, -0.25) is 4.79 Å². The molecule has 1 aromatic heterocycles. The van der Waals surface area contributed by atoms with E-state index in [1.165, 1.54) is 0 Å². The van der Waals surface area contributed by atoms with Crippen LogP contribution in [0.25, 0.3) is 0 Å². The number of hydrogen-bond acceptors (Lipinski definition) is 4. The zero-order chi connectivity index (χ0) is 19.2. The Hall–Kier alpha value is -2.86. The highest BCUT2D eigenvalue weighted by molar-refractivity contribution is 9.10. The lowest BCUT2D eigenvalue weighted by Gasteiger charge is -2.11.